The third kappa shape index (κ3) is 2.28. The van der Waals surface area contributed by atoms with Crippen molar-refractivity contribution in [3.05, 3.63) is 22.4 Å². The Balaban J connectivity index is 1.91. The summed E-state index contributed by atoms with van der Waals surface area (Å²) in [4.78, 5) is 11.3. The lowest BCUT2D eigenvalue weighted by atomic mass is 9.92. The molecule has 0 radical (unpaired) electrons. The van der Waals surface area contributed by atoms with Gasteiger partial charge in [0, 0.05) is 5.41 Å². The van der Waals surface area contributed by atoms with Crippen LogP contribution in [0.2, 0.25) is 0 Å². The molecule has 0 aliphatic heterocycles. The summed E-state index contributed by atoms with van der Waals surface area (Å²) in [5.41, 5.74) is 1.07. The van der Waals surface area contributed by atoms with Crippen LogP contribution in [0.15, 0.2) is 16.8 Å². The standard InChI is InChI=1S/C12H16O3S/c1-15-11(14)10(13)12(5-6-12)4-2-9-3-7-16-8-9/h3,7-8,10,13H,2,4-6H2,1H3. The maximum atomic E-state index is 11.3. The minimum Gasteiger partial charge on any atom is -0.467 e. The summed E-state index contributed by atoms with van der Waals surface area (Å²) >= 11 is 1.68. The number of hydrogen-bond donors (Lipinski definition) is 1. The first kappa shape index (κ1) is 11.6. The van der Waals surface area contributed by atoms with Crippen LogP contribution < -0.4 is 0 Å². The van der Waals surface area contributed by atoms with Gasteiger partial charge >= 0.3 is 5.97 Å². The molecule has 88 valence electrons. The fourth-order valence-electron chi connectivity index (χ4n) is 2.01. The molecule has 0 aromatic carbocycles. The van der Waals surface area contributed by atoms with Gasteiger partial charge in [-0.05, 0) is 48.1 Å². The molecule has 1 aliphatic rings. The fourth-order valence-corrected chi connectivity index (χ4v) is 2.71. The predicted molar refractivity (Wildman–Crippen MR) is 62.3 cm³/mol. The molecule has 1 aliphatic carbocycles. The number of aryl methyl sites for hydroxylation is 1. The van der Waals surface area contributed by atoms with E-state index in [0.717, 1.165) is 25.7 Å². The number of hydrogen-bond acceptors (Lipinski definition) is 4. The number of methoxy groups -OCH3 is 1. The Labute approximate surface area is 99.1 Å². The van der Waals surface area contributed by atoms with E-state index in [-0.39, 0.29) is 5.41 Å². The van der Waals surface area contributed by atoms with Gasteiger partial charge in [0.2, 0.25) is 0 Å². The van der Waals surface area contributed by atoms with Crippen LogP contribution in [0.3, 0.4) is 0 Å². The summed E-state index contributed by atoms with van der Waals surface area (Å²) in [6, 6.07) is 2.09. The molecular formula is C12H16O3S. The number of ether oxygens (including phenoxy) is 1. The molecule has 0 bridgehead atoms. The van der Waals surface area contributed by atoms with Crippen LogP contribution in [0.4, 0.5) is 0 Å². The molecule has 0 saturated heterocycles. The number of esters is 1. The van der Waals surface area contributed by atoms with Crippen LogP contribution in [0.1, 0.15) is 24.8 Å². The van der Waals surface area contributed by atoms with E-state index >= 15 is 0 Å². The minimum atomic E-state index is -0.948. The maximum absolute atomic E-state index is 11.3. The van der Waals surface area contributed by atoms with Crippen LogP contribution in [-0.4, -0.2) is 24.3 Å². The maximum Gasteiger partial charge on any atom is 0.335 e. The van der Waals surface area contributed by atoms with E-state index in [2.05, 4.69) is 16.2 Å². The van der Waals surface area contributed by atoms with E-state index in [0.29, 0.717) is 0 Å². The normalized spacial score (nSPS) is 19.1. The Morgan fingerprint density at radius 1 is 1.69 bits per heavy atom. The number of thiophene rings is 1. The Morgan fingerprint density at radius 2 is 2.44 bits per heavy atom. The van der Waals surface area contributed by atoms with Gasteiger partial charge in [-0.25, -0.2) is 4.79 Å². The van der Waals surface area contributed by atoms with Gasteiger partial charge in [0.1, 0.15) is 0 Å². The third-order valence-corrected chi connectivity index (χ3v) is 4.12. The topological polar surface area (TPSA) is 46.5 Å². The van der Waals surface area contributed by atoms with Crippen LogP contribution in [0.25, 0.3) is 0 Å². The van der Waals surface area contributed by atoms with Crippen LogP contribution in [0.5, 0.6) is 0 Å². The predicted octanol–water partition coefficient (Wildman–Crippen LogP) is 1.99. The zero-order valence-electron chi connectivity index (χ0n) is 9.31. The highest BCUT2D eigenvalue weighted by molar-refractivity contribution is 7.07. The average molecular weight is 240 g/mol. The molecule has 1 N–H and O–H groups in total. The highest BCUT2D eigenvalue weighted by Crippen LogP contribution is 2.52. The first-order chi connectivity index (χ1) is 7.68. The van der Waals surface area contributed by atoms with Crippen molar-refractivity contribution in [1.82, 2.24) is 0 Å². The second-order valence-corrected chi connectivity index (χ2v) is 5.20. The number of rotatable bonds is 5. The summed E-state index contributed by atoms with van der Waals surface area (Å²) in [7, 11) is 1.32. The molecule has 3 nitrogen and oxygen atoms in total. The van der Waals surface area contributed by atoms with E-state index in [4.69, 9.17) is 0 Å². The molecule has 1 saturated carbocycles. The third-order valence-electron chi connectivity index (χ3n) is 3.39. The fraction of sp³-hybridized carbons (Fsp3) is 0.583. The van der Waals surface area contributed by atoms with Crippen LogP contribution in [-0.2, 0) is 16.0 Å². The van der Waals surface area contributed by atoms with Crippen LogP contribution >= 0.6 is 11.3 Å². The van der Waals surface area contributed by atoms with E-state index in [9.17, 15) is 9.90 Å². The minimum absolute atomic E-state index is 0.213. The van der Waals surface area contributed by atoms with Crippen molar-refractivity contribution in [1.29, 1.82) is 0 Å². The zero-order chi connectivity index (χ0) is 11.6. The summed E-state index contributed by atoms with van der Waals surface area (Å²) in [6.07, 6.45) is 2.69. The number of carbonyl (C=O) groups is 1. The molecule has 2 rings (SSSR count). The Bertz CT molecular complexity index is 354. The molecule has 4 heteroatoms. The van der Waals surface area contributed by atoms with Crippen molar-refractivity contribution < 1.29 is 14.6 Å². The molecular weight excluding hydrogens is 224 g/mol. The molecule has 0 amide bonds. The summed E-state index contributed by atoms with van der Waals surface area (Å²) in [6.45, 7) is 0. The molecule has 1 aromatic heterocycles. The molecule has 0 spiro atoms. The van der Waals surface area contributed by atoms with E-state index < -0.39 is 12.1 Å². The number of carbonyl (C=O) groups excluding carboxylic acids is 1. The molecule has 1 atom stereocenters. The number of aliphatic hydroxyl groups is 1. The Hall–Kier alpha value is -0.870. The molecule has 1 aromatic rings. The smallest absolute Gasteiger partial charge is 0.335 e. The monoisotopic (exact) mass is 240 g/mol. The lowest BCUT2D eigenvalue weighted by Crippen LogP contribution is -2.32. The van der Waals surface area contributed by atoms with Gasteiger partial charge in [0.15, 0.2) is 6.10 Å². The van der Waals surface area contributed by atoms with Gasteiger partial charge in [-0.15, -0.1) is 0 Å². The Kier molecular flexibility index (Phi) is 3.30. The average Bonchev–Trinajstić information content (AvgIpc) is 2.92. The molecule has 16 heavy (non-hydrogen) atoms. The van der Waals surface area contributed by atoms with Crippen molar-refractivity contribution in [2.75, 3.05) is 7.11 Å². The second kappa shape index (κ2) is 4.55. The van der Waals surface area contributed by atoms with Crippen molar-refractivity contribution in [2.45, 2.75) is 31.8 Å². The van der Waals surface area contributed by atoms with Gasteiger partial charge in [0.25, 0.3) is 0 Å². The van der Waals surface area contributed by atoms with Gasteiger partial charge in [-0.3, -0.25) is 0 Å². The summed E-state index contributed by atoms with van der Waals surface area (Å²) < 4.78 is 4.59. The molecule has 1 heterocycles. The Morgan fingerprint density at radius 3 is 2.94 bits per heavy atom. The van der Waals surface area contributed by atoms with Crippen molar-refractivity contribution in [3.8, 4) is 0 Å². The zero-order valence-corrected chi connectivity index (χ0v) is 10.1. The van der Waals surface area contributed by atoms with Gasteiger partial charge in [-0.1, -0.05) is 0 Å². The lowest BCUT2D eigenvalue weighted by molar-refractivity contribution is -0.154. The molecule has 1 unspecified atom stereocenters. The van der Waals surface area contributed by atoms with Crippen molar-refractivity contribution >= 4 is 17.3 Å². The van der Waals surface area contributed by atoms with Crippen molar-refractivity contribution in [2.24, 2.45) is 5.41 Å². The largest absolute Gasteiger partial charge is 0.467 e. The number of aliphatic hydroxyl groups excluding tert-OH is 1. The van der Waals surface area contributed by atoms with E-state index in [1.54, 1.807) is 11.3 Å². The highest BCUT2D eigenvalue weighted by Gasteiger charge is 2.51. The van der Waals surface area contributed by atoms with E-state index in [1.807, 2.05) is 5.38 Å². The first-order valence-electron chi connectivity index (χ1n) is 5.45. The van der Waals surface area contributed by atoms with Crippen LogP contribution in [0, 0.1) is 5.41 Å². The molecule has 1 fully saturated rings. The SMILES string of the molecule is COC(=O)C(O)C1(CCc2ccsc2)CC1. The van der Waals surface area contributed by atoms with Gasteiger partial charge in [0.05, 0.1) is 7.11 Å². The first-order valence-corrected chi connectivity index (χ1v) is 6.39. The summed E-state index contributed by atoms with van der Waals surface area (Å²) in [5.74, 6) is -0.497. The van der Waals surface area contributed by atoms with E-state index in [1.165, 1.54) is 12.7 Å². The van der Waals surface area contributed by atoms with Crippen molar-refractivity contribution in [3.63, 3.8) is 0 Å². The lowest BCUT2D eigenvalue weighted by Gasteiger charge is -2.19. The van der Waals surface area contributed by atoms with Gasteiger partial charge < -0.3 is 9.84 Å². The van der Waals surface area contributed by atoms with Gasteiger partial charge in [-0.2, -0.15) is 11.3 Å². The quantitative estimate of drug-likeness (QED) is 0.801. The second-order valence-electron chi connectivity index (χ2n) is 4.42. The highest BCUT2D eigenvalue weighted by atomic mass is 32.1. The summed E-state index contributed by atoms with van der Waals surface area (Å²) in [5, 5.41) is 14.0.